The Hall–Kier alpha value is -2.53. The standard InChI is InChI=1S/C19H18FN3O/c20-16-8-6-14(7-9-16)12-23(17-10-11-17)13-18-21-22-19(24-18)15-4-2-1-3-5-15/h1-9,17H,10-13H2. The Kier molecular flexibility index (Phi) is 4.09. The Labute approximate surface area is 139 Å². The minimum absolute atomic E-state index is 0.207. The summed E-state index contributed by atoms with van der Waals surface area (Å²) in [5, 5.41) is 8.32. The minimum Gasteiger partial charge on any atom is -0.419 e. The summed E-state index contributed by atoms with van der Waals surface area (Å²) >= 11 is 0. The fourth-order valence-corrected chi connectivity index (χ4v) is 2.77. The van der Waals surface area contributed by atoms with Crippen LogP contribution in [0.2, 0.25) is 0 Å². The van der Waals surface area contributed by atoms with Gasteiger partial charge in [0, 0.05) is 18.2 Å². The van der Waals surface area contributed by atoms with E-state index in [2.05, 4.69) is 15.1 Å². The van der Waals surface area contributed by atoms with E-state index in [0.29, 0.717) is 24.4 Å². The van der Waals surface area contributed by atoms with Gasteiger partial charge in [0.05, 0.1) is 6.54 Å². The van der Waals surface area contributed by atoms with E-state index in [1.807, 2.05) is 42.5 Å². The molecule has 1 aliphatic rings. The molecule has 4 nitrogen and oxygen atoms in total. The number of hydrogen-bond acceptors (Lipinski definition) is 4. The monoisotopic (exact) mass is 323 g/mol. The van der Waals surface area contributed by atoms with Crippen molar-refractivity contribution in [1.82, 2.24) is 15.1 Å². The lowest BCUT2D eigenvalue weighted by atomic mass is 10.2. The van der Waals surface area contributed by atoms with Crippen LogP contribution in [0.5, 0.6) is 0 Å². The van der Waals surface area contributed by atoms with Gasteiger partial charge in [-0.05, 0) is 42.7 Å². The van der Waals surface area contributed by atoms with Gasteiger partial charge >= 0.3 is 0 Å². The van der Waals surface area contributed by atoms with Crippen molar-refractivity contribution in [3.8, 4) is 11.5 Å². The first-order valence-electron chi connectivity index (χ1n) is 8.14. The number of aromatic nitrogens is 2. The summed E-state index contributed by atoms with van der Waals surface area (Å²) in [6.07, 6.45) is 2.36. The summed E-state index contributed by atoms with van der Waals surface area (Å²) < 4.78 is 18.9. The Balaban J connectivity index is 1.47. The van der Waals surface area contributed by atoms with Crippen LogP contribution in [0.4, 0.5) is 4.39 Å². The average molecular weight is 323 g/mol. The Bertz CT molecular complexity index is 797. The highest BCUT2D eigenvalue weighted by Gasteiger charge is 2.30. The number of hydrogen-bond donors (Lipinski definition) is 0. The molecule has 3 aromatic rings. The quantitative estimate of drug-likeness (QED) is 0.686. The van der Waals surface area contributed by atoms with Gasteiger partial charge in [-0.2, -0.15) is 0 Å². The molecule has 1 heterocycles. The highest BCUT2D eigenvalue weighted by molar-refractivity contribution is 5.51. The maximum Gasteiger partial charge on any atom is 0.247 e. The van der Waals surface area contributed by atoms with Crippen LogP contribution in [-0.2, 0) is 13.1 Å². The predicted octanol–water partition coefficient (Wildman–Crippen LogP) is 4.04. The highest BCUT2D eigenvalue weighted by atomic mass is 19.1. The van der Waals surface area contributed by atoms with Crippen LogP contribution in [0.15, 0.2) is 59.0 Å². The average Bonchev–Trinajstić information content (AvgIpc) is 3.36. The van der Waals surface area contributed by atoms with E-state index < -0.39 is 0 Å². The highest BCUT2D eigenvalue weighted by Crippen LogP contribution is 2.30. The van der Waals surface area contributed by atoms with Gasteiger partial charge in [0.2, 0.25) is 11.8 Å². The topological polar surface area (TPSA) is 42.2 Å². The van der Waals surface area contributed by atoms with Gasteiger partial charge < -0.3 is 4.42 Å². The van der Waals surface area contributed by atoms with E-state index in [4.69, 9.17) is 4.42 Å². The molecule has 2 aromatic carbocycles. The van der Waals surface area contributed by atoms with Crippen LogP contribution in [0.25, 0.3) is 11.5 Å². The van der Waals surface area contributed by atoms with Gasteiger partial charge in [-0.15, -0.1) is 10.2 Å². The molecule has 0 unspecified atom stereocenters. The maximum absolute atomic E-state index is 13.1. The Morgan fingerprint density at radius 1 is 0.958 bits per heavy atom. The van der Waals surface area contributed by atoms with Crippen molar-refractivity contribution >= 4 is 0 Å². The van der Waals surface area contributed by atoms with Crippen LogP contribution in [-0.4, -0.2) is 21.1 Å². The van der Waals surface area contributed by atoms with Gasteiger partial charge in [-0.25, -0.2) is 4.39 Å². The molecule has 0 atom stereocenters. The maximum atomic E-state index is 13.1. The molecular weight excluding hydrogens is 305 g/mol. The largest absolute Gasteiger partial charge is 0.419 e. The Morgan fingerprint density at radius 3 is 2.42 bits per heavy atom. The van der Waals surface area contributed by atoms with E-state index in [1.54, 1.807) is 0 Å². The van der Waals surface area contributed by atoms with E-state index >= 15 is 0 Å². The zero-order valence-electron chi connectivity index (χ0n) is 13.2. The molecule has 5 heteroatoms. The number of nitrogens with zero attached hydrogens (tertiary/aromatic N) is 3. The van der Waals surface area contributed by atoms with Gasteiger partial charge in [0.1, 0.15) is 5.82 Å². The zero-order chi connectivity index (χ0) is 16.4. The van der Waals surface area contributed by atoms with Crippen LogP contribution in [0.3, 0.4) is 0 Å². The minimum atomic E-state index is -0.207. The summed E-state index contributed by atoms with van der Waals surface area (Å²) in [5.41, 5.74) is 2.01. The predicted molar refractivity (Wildman–Crippen MR) is 88.4 cm³/mol. The summed E-state index contributed by atoms with van der Waals surface area (Å²) in [7, 11) is 0. The zero-order valence-corrected chi connectivity index (χ0v) is 13.2. The molecule has 4 rings (SSSR count). The molecule has 1 aliphatic carbocycles. The third kappa shape index (κ3) is 3.51. The van der Waals surface area contributed by atoms with E-state index in [-0.39, 0.29) is 5.82 Å². The third-order valence-corrected chi connectivity index (χ3v) is 4.19. The molecule has 0 spiro atoms. The van der Waals surface area contributed by atoms with Gasteiger partial charge in [0.15, 0.2) is 0 Å². The fraction of sp³-hybridized carbons (Fsp3) is 0.263. The Morgan fingerprint density at radius 2 is 1.71 bits per heavy atom. The normalized spacial score (nSPS) is 14.2. The lowest BCUT2D eigenvalue weighted by molar-refractivity contribution is 0.221. The number of halogens is 1. The molecule has 0 saturated heterocycles. The first kappa shape index (κ1) is 15.0. The second kappa shape index (κ2) is 6.53. The molecular formula is C19H18FN3O. The second-order valence-electron chi connectivity index (χ2n) is 6.13. The molecule has 24 heavy (non-hydrogen) atoms. The summed E-state index contributed by atoms with van der Waals surface area (Å²) in [4.78, 5) is 2.32. The molecule has 1 saturated carbocycles. The van der Waals surface area contributed by atoms with Crippen molar-refractivity contribution in [3.63, 3.8) is 0 Å². The number of benzene rings is 2. The molecule has 122 valence electrons. The smallest absolute Gasteiger partial charge is 0.247 e. The summed E-state index contributed by atoms with van der Waals surface area (Å²) in [6, 6.07) is 17.0. The molecule has 0 N–H and O–H groups in total. The lowest BCUT2D eigenvalue weighted by Crippen LogP contribution is -2.25. The lowest BCUT2D eigenvalue weighted by Gasteiger charge is -2.20. The van der Waals surface area contributed by atoms with E-state index in [1.165, 1.54) is 25.0 Å². The van der Waals surface area contributed by atoms with Crippen molar-refractivity contribution < 1.29 is 8.81 Å². The van der Waals surface area contributed by atoms with Gasteiger partial charge in [-0.1, -0.05) is 30.3 Å². The van der Waals surface area contributed by atoms with Crippen molar-refractivity contribution in [2.45, 2.75) is 32.0 Å². The first-order valence-corrected chi connectivity index (χ1v) is 8.14. The molecule has 1 aromatic heterocycles. The van der Waals surface area contributed by atoms with Crippen LogP contribution < -0.4 is 0 Å². The van der Waals surface area contributed by atoms with Crippen molar-refractivity contribution in [1.29, 1.82) is 0 Å². The number of rotatable bonds is 6. The molecule has 0 bridgehead atoms. The van der Waals surface area contributed by atoms with Gasteiger partial charge in [-0.3, -0.25) is 4.90 Å². The molecule has 0 amide bonds. The van der Waals surface area contributed by atoms with Crippen LogP contribution in [0.1, 0.15) is 24.3 Å². The van der Waals surface area contributed by atoms with E-state index in [0.717, 1.165) is 17.7 Å². The van der Waals surface area contributed by atoms with Crippen molar-refractivity contribution in [2.75, 3.05) is 0 Å². The van der Waals surface area contributed by atoms with E-state index in [9.17, 15) is 4.39 Å². The fourth-order valence-electron chi connectivity index (χ4n) is 2.77. The van der Waals surface area contributed by atoms with Crippen molar-refractivity contribution in [2.24, 2.45) is 0 Å². The molecule has 0 aliphatic heterocycles. The first-order chi connectivity index (χ1) is 11.8. The third-order valence-electron chi connectivity index (χ3n) is 4.19. The SMILES string of the molecule is Fc1ccc(CN(Cc2nnc(-c3ccccc3)o2)C2CC2)cc1. The second-order valence-corrected chi connectivity index (χ2v) is 6.13. The molecule has 1 fully saturated rings. The summed E-state index contributed by atoms with van der Waals surface area (Å²) in [6.45, 7) is 1.37. The summed E-state index contributed by atoms with van der Waals surface area (Å²) in [5.74, 6) is 0.951. The van der Waals surface area contributed by atoms with Crippen LogP contribution >= 0.6 is 0 Å². The van der Waals surface area contributed by atoms with Crippen LogP contribution in [0, 0.1) is 5.82 Å². The molecule has 0 radical (unpaired) electrons. The van der Waals surface area contributed by atoms with Gasteiger partial charge in [0.25, 0.3) is 0 Å². The van der Waals surface area contributed by atoms with Crippen molar-refractivity contribution in [3.05, 3.63) is 71.9 Å².